The van der Waals surface area contributed by atoms with Crippen molar-refractivity contribution >= 4 is 11.7 Å². The molecule has 0 bridgehead atoms. The molecule has 0 radical (unpaired) electrons. The number of carbonyl (C=O) groups is 1. The zero-order valence-corrected chi connectivity index (χ0v) is 12.7. The van der Waals surface area contributed by atoms with E-state index in [1.54, 1.807) is 24.3 Å². The number of carbonyl (C=O) groups excluding carboxylic acids is 1. The van der Waals surface area contributed by atoms with Crippen LogP contribution in [0.15, 0.2) is 54.6 Å². The van der Waals surface area contributed by atoms with Gasteiger partial charge in [0.15, 0.2) is 0 Å². The first kappa shape index (κ1) is 17.8. The summed E-state index contributed by atoms with van der Waals surface area (Å²) in [5.41, 5.74) is -0.516. The minimum Gasteiger partial charge on any atom is -0.388 e. The zero-order valence-electron chi connectivity index (χ0n) is 12.7. The Morgan fingerprint density at radius 1 is 1.04 bits per heavy atom. The number of para-hydroxylation sites is 1. The van der Waals surface area contributed by atoms with Crippen molar-refractivity contribution in [3.05, 3.63) is 65.7 Å². The molecule has 0 aliphatic heterocycles. The number of nitrogens with one attached hydrogen (secondary N) is 2. The van der Waals surface area contributed by atoms with E-state index in [2.05, 4.69) is 10.6 Å². The van der Waals surface area contributed by atoms with Gasteiger partial charge in [-0.05, 0) is 24.1 Å². The van der Waals surface area contributed by atoms with Gasteiger partial charge in [0.05, 0.1) is 17.4 Å². The van der Waals surface area contributed by atoms with Gasteiger partial charge >= 0.3 is 12.2 Å². The highest BCUT2D eigenvalue weighted by Gasteiger charge is 2.33. The van der Waals surface area contributed by atoms with Crippen LogP contribution in [-0.2, 0) is 6.18 Å². The normalized spacial score (nSPS) is 12.5. The van der Waals surface area contributed by atoms with Gasteiger partial charge in [-0.15, -0.1) is 0 Å². The van der Waals surface area contributed by atoms with E-state index in [1.807, 2.05) is 6.07 Å². The number of hydrogen-bond acceptors (Lipinski definition) is 2. The first-order valence-corrected chi connectivity index (χ1v) is 7.32. The molecule has 0 heterocycles. The number of benzene rings is 2. The van der Waals surface area contributed by atoms with Gasteiger partial charge in [-0.2, -0.15) is 13.2 Å². The van der Waals surface area contributed by atoms with Crippen LogP contribution in [0.3, 0.4) is 0 Å². The Bertz CT molecular complexity index is 675. The predicted molar refractivity (Wildman–Crippen MR) is 84.5 cm³/mol. The largest absolute Gasteiger partial charge is 0.418 e. The van der Waals surface area contributed by atoms with E-state index in [0.717, 1.165) is 6.07 Å². The van der Waals surface area contributed by atoms with E-state index in [-0.39, 0.29) is 18.7 Å². The molecular weight excluding hydrogens is 321 g/mol. The molecule has 0 saturated carbocycles. The fourth-order valence-electron chi connectivity index (χ4n) is 2.17. The molecule has 3 N–H and O–H groups in total. The molecule has 0 unspecified atom stereocenters. The first-order valence-electron chi connectivity index (χ1n) is 7.32. The molecule has 0 spiro atoms. The summed E-state index contributed by atoms with van der Waals surface area (Å²) in [6.45, 7) is 0.121. The smallest absolute Gasteiger partial charge is 0.388 e. The molecule has 0 saturated heterocycles. The number of alkyl halides is 3. The maximum Gasteiger partial charge on any atom is 0.418 e. The Morgan fingerprint density at radius 2 is 1.67 bits per heavy atom. The van der Waals surface area contributed by atoms with Crippen molar-refractivity contribution in [3.63, 3.8) is 0 Å². The lowest BCUT2D eigenvalue weighted by Crippen LogP contribution is -2.31. The van der Waals surface area contributed by atoms with Gasteiger partial charge in [0.2, 0.25) is 0 Å². The van der Waals surface area contributed by atoms with Crippen molar-refractivity contribution in [1.82, 2.24) is 5.32 Å². The fraction of sp³-hybridized carbons (Fsp3) is 0.235. The Morgan fingerprint density at radius 3 is 2.33 bits per heavy atom. The molecule has 24 heavy (non-hydrogen) atoms. The van der Waals surface area contributed by atoms with E-state index in [4.69, 9.17) is 0 Å². The molecule has 2 amide bonds. The highest BCUT2D eigenvalue weighted by atomic mass is 19.4. The van der Waals surface area contributed by atoms with Crippen LogP contribution in [0.2, 0.25) is 0 Å². The maximum atomic E-state index is 12.8. The average molecular weight is 338 g/mol. The van der Waals surface area contributed by atoms with Crippen molar-refractivity contribution in [2.75, 3.05) is 11.9 Å². The lowest BCUT2D eigenvalue weighted by molar-refractivity contribution is -0.136. The SMILES string of the molecule is O=C(NCC[C@@H](O)c1ccccc1)Nc1ccccc1C(F)(F)F. The summed E-state index contributed by atoms with van der Waals surface area (Å²) in [4.78, 5) is 11.7. The second-order valence-electron chi connectivity index (χ2n) is 5.14. The highest BCUT2D eigenvalue weighted by Crippen LogP contribution is 2.34. The summed E-state index contributed by atoms with van der Waals surface area (Å²) >= 11 is 0. The summed E-state index contributed by atoms with van der Waals surface area (Å²) < 4.78 is 38.5. The molecule has 0 aromatic heterocycles. The lowest BCUT2D eigenvalue weighted by Gasteiger charge is -2.15. The molecule has 2 aromatic carbocycles. The Kier molecular flexibility index (Phi) is 5.81. The monoisotopic (exact) mass is 338 g/mol. The molecule has 7 heteroatoms. The number of aliphatic hydroxyl groups is 1. The molecular formula is C17H17F3N2O2. The molecule has 0 aliphatic rings. The van der Waals surface area contributed by atoms with Crippen LogP contribution in [0.1, 0.15) is 23.7 Å². The molecule has 1 atom stereocenters. The summed E-state index contributed by atoms with van der Waals surface area (Å²) in [6.07, 6.45) is -5.06. The minimum atomic E-state index is -4.55. The fourth-order valence-corrected chi connectivity index (χ4v) is 2.17. The minimum absolute atomic E-state index is 0.121. The quantitative estimate of drug-likeness (QED) is 0.773. The third-order valence-corrected chi connectivity index (χ3v) is 3.37. The molecule has 0 fully saturated rings. The van der Waals surface area contributed by atoms with Crippen molar-refractivity contribution in [2.24, 2.45) is 0 Å². The molecule has 0 aliphatic carbocycles. The number of amides is 2. The highest BCUT2D eigenvalue weighted by molar-refractivity contribution is 5.90. The molecule has 128 valence electrons. The number of hydrogen-bond donors (Lipinski definition) is 3. The van der Waals surface area contributed by atoms with Crippen molar-refractivity contribution in [2.45, 2.75) is 18.7 Å². The number of halogens is 3. The average Bonchev–Trinajstić information content (AvgIpc) is 2.55. The topological polar surface area (TPSA) is 61.4 Å². The van der Waals surface area contributed by atoms with Gasteiger partial charge in [0.1, 0.15) is 0 Å². The van der Waals surface area contributed by atoms with Crippen LogP contribution < -0.4 is 10.6 Å². The third kappa shape index (κ3) is 4.99. The molecule has 2 aromatic rings. The van der Waals surface area contributed by atoms with E-state index in [0.29, 0.717) is 5.56 Å². The number of urea groups is 1. The van der Waals surface area contributed by atoms with E-state index < -0.39 is 23.9 Å². The van der Waals surface area contributed by atoms with Gasteiger partial charge in [0, 0.05) is 6.54 Å². The summed E-state index contributed by atoms with van der Waals surface area (Å²) in [5.74, 6) is 0. The van der Waals surface area contributed by atoms with Crippen LogP contribution in [0, 0.1) is 0 Å². The standard InChI is InChI=1S/C17H17F3N2O2/c18-17(19,20)13-8-4-5-9-14(13)22-16(24)21-11-10-15(23)12-6-2-1-3-7-12/h1-9,15,23H,10-11H2,(H2,21,22,24)/t15-/m1/s1. The van der Waals surface area contributed by atoms with Crippen molar-refractivity contribution in [3.8, 4) is 0 Å². The second kappa shape index (κ2) is 7.83. The number of aliphatic hydroxyl groups excluding tert-OH is 1. The molecule has 4 nitrogen and oxygen atoms in total. The van der Waals surface area contributed by atoms with Gasteiger partial charge in [-0.25, -0.2) is 4.79 Å². The van der Waals surface area contributed by atoms with Crippen molar-refractivity contribution in [1.29, 1.82) is 0 Å². The van der Waals surface area contributed by atoms with Crippen LogP contribution >= 0.6 is 0 Å². The van der Waals surface area contributed by atoms with Gasteiger partial charge in [0.25, 0.3) is 0 Å². The van der Waals surface area contributed by atoms with Crippen LogP contribution in [0.5, 0.6) is 0 Å². The van der Waals surface area contributed by atoms with Crippen LogP contribution in [-0.4, -0.2) is 17.7 Å². The first-order chi connectivity index (χ1) is 11.4. The maximum absolute atomic E-state index is 12.8. The summed E-state index contributed by atoms with van der Waals surface area (Å²) in [7, 11) is 0. The third-order valence-electron chi connectivity index (χ3n) is 3.37. The van der Waals surface area contributed by atoms with Crippen molar-refractivity contribution < 1.29 is 23.1 Å². The Balaban J connectivity index is 1.86. The van der Waals surface area contributed by atoms with Crippen LogP contribution in [0.4, 0.5) is 23.7 Å². The van der Waals surface area contributed by atoms with Gasteiger partial charge in [-0.3, -0.25) is 0 Å². The van der Waals surface area contributed by atoms with E-state index in [9.17, 15) is 23.1 Å². The summed E-state index contributed by atoms with van der Waals surface area (Å²) in [6, 6.07) is 12.9. The van der Waals surface area contributed by atoms with Gasteiger partial charge in [-0.1, -0.05) is 42.5 Å². The summed E-state index contributed by atoms with van der Waals surface area (Å²) in [5, 5.41) is 14.6. The van der Waals surface area contributed by atoms with E-state index >= 15 is 0 Å². The van der Waals surface area contributed by atoms with Gasteiger partial charge < -0.3 is 15.7 Å². The molecule has 2 rings (SSSR count). The lowest BCUT2D eigenvalue weighted by atomic mass is 10.1. The van der Waals surface area contributed by atoms with Crippen LogP contribution in [0.25, 0.3) is 0 Å². The zero-order chi connectivity index (χ0) is 17.6. The second-order valence-corrected chi connectivity index (χ2v) is 5.14. The Hall–Kier alpha value is -2.54. The predicted octanol–water partition coefficient (Wildman–Crippen LogP) is 3.95. The Labute approximate surface area is 137 Å². The van der Waals surface area contributed by atoms with E-state index in [1.165, 1.54) is 18.2 Å². The number of anilines is 1. The number of rotatable bonds is 5.